The van der Waals surface area contributed by atoms with Crippen molar-refractivity contribution in [3.63, 3.8) is 0 Å². The van der Waals surface area contributed by atoms with E-state index in [1.807, 2.05) is 6.07 Å². The van der Waals surface area contributed by atoms with E-state index in [2.05, 4.69) is 0 Å². The smallest absolute Gasteiger partial charge is 0.414 e. The van der Waals surface area contributed by atoms with E-state index in [4.69, 9.17) is 4.74 Å². The molecular weight excluding hydrogens is 364 g/mol. The van der Waals surface area contributed by atoms with Crippen LogP contribution in [-0.4, -0.2) is 39.5 Å². The third-order valence-electron chi connectivity index (χ3n) is 4.69. The summed E-state index contributed by atoms with van der Waals surface area (Å²) in [6, 6.07) is 15.4. The number of rotatable bonds is 4. The van der Waals surface area contributed by atoms with Gasteiger partial charge in [0.1, 0.15) is 11.9 Å². The second-order valence-corrected chi connectivity index (χ2v) is 6.41. The van der Waals surface area contributed by atoms with Gasteiger partial charge in [0, 0.05) is 11.1 Å². The van der Waals surface area contributed by atoms with Crippen molar-refractivity contribution >= 4 is 28.7 Å². The van der Waals surface area contributed by atoms with Crippen LogP contribution in [0.2, 0.25) is 0 Å². The summed E-state index contributed by atoms with van der Waals surface area (Å²) in [4.78, 5) is 37.9. The van der Waals surface area contributed by atoms with E-state index < -0.39 is 35.0 Å². The Morgan fingerprint density at radius 3 is 2.46 bits per heavy atom. The molecule has 142 valence electrons. The Labute approximate surface area is 158 Å². The molecule has 2 aromatic carbocycles. The minimum atomic E-state index is -1.52. The monoisotopic (exact) mass is 380 g/mol. The topological polar surface area (TPSA) is 109 Å². The molecule has 1 saturated heterocycles. The van der Waals surface area contributed by atoms with Gasteiger partial charge in [0.05, 0.1) is 18.6 Å². The zero-order valence-corrected chi connectivity index (χ0v) is 14.6. The van der Waals surface area contributed by atoms with Gasteiger partial charge in [-0.3, -0.25) is 9.69 Å². The summed E-state index contributed by atoms with van der Waals surface area (Å²) in [5.41, 5.74) is -0.519. The number of carboxylic acids is 1. The molecule has 28 heavy (non-hydrogen) atoms. The average Bonchev–Trinajstić information content (AvgIpc) is 3.06. The van der Waals surface area contributed by atoms with Crippen LogP contribution in [0.1, 0.15) is 10.4 Å². The van der Waals surface area contributed by atoms with Crippen molar-refractivity contribution in [2.24, 2.45) is 0 Å². The zero-order chi connectivity index (χ0) is 19.8. The summed E-state index contributed by atoms with van der Waals surface area (Å²) < 4.78 is 6.61. The molecule has 3 aromatic rings. The Balaban J connectivity index is 1.74. The Bertz CT molecular complexity index is 1140. The highest BCUT2D eigenvalue weighted by Gasteiger charge is 2.33. The first-order valence-corrected chi connectivity index (χ1v) is 8.58. The minimum Gasteiger partial charge on any atom is -0.506 e. The quantitative estimate of drug-likeness (QED) is 0.720. The molecule has 0 bridgehead atoms. The molecule has 1 aliphatic heterocycles. The number of aromatic nitrogens is 1. The number of aromatic hydroxyl groups is 1. The number of aromatic carboxylic acids is 1. The number of cyclic esters (lactones) is 1. The molecule has 1 atom stereocenters. The summed E-state index contributed by atoms with van der Waals surface area (Å²) in [5.74, 6) is -2.09. The van der Waals surface area contributed by atoms with E-state index in [0.717, 1.165) is 0 Å². The predicted molar refractivity (Wildman–Crippen MR) is 101 cm³/mol. The second-order valence-electron chi connectivity index (χ2n) is 6.41. The van der Waals surface area contributed by atoms with Gasteiger partial charge in [0.15, 0.2) is 5.56 Å². The van der Waals surface area contributed by atoms with Gasteiger partial charge in [-0.25, -0.2) is 9.59 Å². The lowest BCUT2D eigenvalue weighted by atomic mass is 10.1. The third kappa shape index (κ3) is 2.84. The predicted octanol–water partition coefficient (Wildman–Crippen LogP) is 2.43. The molecule has 0 spiro atoms. The summed E-state index contributed by atoms with van der Waals surface area (Å²) in [6.07, 6.45) is -1.19. The van der Waals surface area contributed by atoms with Crippen molar-refractivity contribution in [1.29, 1.82) is 0 Å². The molecule has 1 fully saturated rings. The first kappa shape index (κ1) is 17.6. The Morgan fingerprint density at radius 1 is 1.07 bits per heavy atom. The molecule has 2 N–H and O–H groups in total. The van der Waals surface area contributed by atoms with Crippen molar-refractivity contribution in [3.8, 4) is 5.75 Å². The number of anilines is 1. The summed E-state index contributed by atoms with van der Waals surface area (Å²) in [6.45, 7) is 0.182. The number of hydrogen-bond donors (Lipinski definition) is 2. The van der Waals surface area contributed by atoms with Gasteiger partial charge >= 0.3 is 12.1 Å². The first-order chi connectivity index (χ1) is 13.5. The van der Waals surface area contributed by atoms with Crippen LogP contribution >= 0.6 is 0 Å². The fourth-order valence-corrected chi connectivity index (χ4v) is 3.40. The molecule has 0 aliphatic carbocycles. The Morgan fingerprint density at radius 2 is 1.75 bits per heavy atom. The highest BCUT2D eigenvalue weighted by Crippen LogP contribution is 2.27. The number of benzene rings is 2. The van der Waals surface area contributed by atoms with E-state index in [0.29, 0.717) is 11.2 Å². The van der Waals surface area contributed by atoms with Crippen LogP contribution in [0, 0.1) is 0 Å². The maximum absolute atomic E-state index is 12.7. The molecule has 8 nitrogen and oxygen atoms in total. The maximum atomic E-state index is 12.7. The number of hydrogen-bond acceptors (Lipinski definition) is 5. The van der Waals surface area contributed by atoms with Gasteiger partial charge in [-0.15, -0.1) is 0 Å². The highest BCUT2D eigenvalue weighted by molar-refractivity contribution is 5.98. The van der Waals surface area contributed by atoms with Crippen LogP contribution in [0.5, 0.6) is 5.75 Å². The van der Waals surface area contributed by atoms with Crippen LogP contribution in [-0.2, 0) is 11.3 Å². The third-order valence-corrected chi connectivity index (χ3v) is 4.69. The van der Waals surface area contributed by atoms with Crippen molar-refractivity contribution in [1.82, 2.24) is 4.57 Å². The first-order valence-electron chi connectivity index (χ1n) is 8.58. The Kier molecular flexibility index (Phi) is 4.23. The normalized spacial score (nSPS) is 16.4. The summed E-state index contributed by atoms with van der Waals surface area (Å²) in [7, 11) is 0. The summed E-state index contributed by atoms with van der Waals surface area (Å²) in [5, 5.41) is 19.8. The molecule has 1 aliphatic rings. The lowest BCUT2D eigenvalue weighted by molar-refractivity contribution is 0.0690. The number of amides is 1. The summed E-state index contributed by atoms with van der Waals surface area (Å²) >= 11 is 0. The fraction of sp³-hybridized carbons (Fsp3) is 0.150. The van der Waals surface area contributed by atoms with Gasteiger partial charge in [-0.2, -0.15) is 0 Å². The van der Waals surface area contributed by atoms with Crippen LogP contribution in [0.15, 0.2) is 59.4 Å². The molecule has 0 unspecified atom stereocenters. The number of para-hydroxylation sites is 2. The van der Waals surface area contributed by atoms with E-state index in [1.165, 1.54) is 15.5 Å². The van der Waals surface area contributed by atoms with Crippen LogP contribution in [0.4, 0.5) is 10.5 Å². The second kappa shape index (κ2) is 6.73. The van der Waals surface area contributed by atoms with E-state index in [1.54, 1.807) is 42.5 Å². The van der Waals surface area contributed by atoms with Crippen molar-refractivity contribution in [2.75, 3.05) is 11.4 Å². The number of fused-ring (bicyclic) bond motifs is 1. The molecule has 4 rings (SSSR count). The Hall–Kier alpha value is -3.81. The van der Waals surface area contributed by atoms with Gasteiger partial charge in [0.25, 0.3) is 5.56 Å². The molecule has 0 saturated carbocycles. The molecule has 1 amide bonds. The van der Waals surface area contributed by atoms with Crippen LogP contribution in [0.3, 0.4) is 0 Å². The number of carboxylic acid groups (broad SMARTS) is 1. The highest BCUT2D eigenvalue weighted by atomic mass is 16.6. The molecule has 8 heteroatoms. The van der Waals surface area contributed by atoms with Crippen molar-refractivity contribution in [3.05, 3.63) is 70.5 Å². The van der Waals surface area contributed by atoms with Gasteiger partial charge in [-0.1, -0.05) is 30.3 Å². The number of ether oxygens (including phenoxy) is 1. The number of nitrogens with zero attached hydrogens (tertiary/aromatic N) is 2. The van der Waals surface area contributed by atoms with Crippen molar-refractivity contribution in [2.45, 2.75) is 12.6 Å². The lowest BCUT2D eigenvalue weighted by Crippen LogP contribution is -2.33. The largest absolute Gasteiger partial charge is 0.506 e. The maximum Gasteiger partial charge on any atom is 0.414 e. The van der Waals surface area contributed by atoms with E-state index in [-0.39, 0.29) is 18.5 Å². The van der Waals surface area contributed by atoms with E-state index in [9.17, 15) is 24.6 Å². The fourth-order valence-electron chi connectivity index (χ4n) is 3.40. The van der Waals surface area contributed by atoms with Crippen LogP contribution < -0.4 is 10.5 Å². The number of pyridine rings is 1. The van der Waals surface area contributed by atoms with E-state index >= 15 is 0 Å². The van der Waals surface area contributed by atoms with Crippen LogP contribution in [0.25, 0.3) is 10.9 Å². The standard InChI is InChI=1S/C20H16N2O6/c23-17-14-8-4-5-9-15(14)22(18(24)16(17)19(25)26)11-13-10-21(20(27)28-13)12-6-2-1-3-7-12/h1-9,13,23H,10-11H2,(H,25,26)/t13-/m1/s1. The average molecular weight is 380 g/mol. The SMILES string of the molecule is O=C(O)c1c(O)c2ccccc2n(C[C@H]2CN(c3ccccc3)C(=O)O2)c1=O. The lowest BCUT2D eigenvalue weighted by Gasteiger charge is -2.16. The number of carbonyl (C=O) groups excluding carboxylic acids is 1. The molecule has 2 heterocycles. The molecule has 0 radical (unpaired) electrons. The molecular formula is C20H16N2O6. The number of carbonyl (C=O) groups is 2. The van der Waals surface area contributed by atoms with Gasteiger partial charge in [0.2, 0.25) is 0 Å². The zero-order valence-electron chi connectivity index (χ0n) is 14.6. The minimum absolute atomic E-state index is 0.0328. The van der Waals surface area contributed by atoms with Gasteiger partial charge in [-0.05, 0) is 24.3 Å². The molecule has 1 aromatic heterocycles. The van der Waals surface area contributed by atoms with Gasteiger partial charge < -0.3 is 19.5 Å². The van der Waals surface area contributed by atoms with Crippen molar-refractivity contribution < 1.29 is 24.5 Å².